The molecule has 1 aromatic carbocycles. The number of furan rings is 1. The molecule has 2 amide bonds. The number of nitrogens with zero attached hydrogens (tertiary/aromatic N) is 2. The first-order valence-electron chi connectivity index (χ1n) is 9.22. The number of rotatable bonds is 3. The van der Waals surface area contributed by atoms with Crippen LogP contribution in [0.1, 0.15) is 23.0 Å². The average Bonchev–Trinajstić information content (AvgIpc) is 3.23. The number of ether oxygens (including phenoxy) is 1. The second-order valence-corrected chi connectivity index (χ2v) is 8.94. The van der Waals surface area contributed by atoms with Crippen LogP contribution >= 0.6 is 0 Å². The first-order chi connectivity index (χ1) is 13.8. The highest BCUT2D eigenvalue weighted by Crippen LogP contribution is 2.35. The molecule has 0 bridgehead atoms. The van der Waals surface area contributed by atoms with E-state index in [9.17, 15) is 18.0 Å². The van der Waals surface area contributed by atoms with Crippen LogP contribution in [-0.4, -0.2) is 61.7 Å². The summed E-state index contributed by atoms with van der Waals surface area (Å²) < 4.78 is 38.5. The Labute approximate surface area is 168 Å². The number of anilines is 1. The zero-order valence-corrected chi connectivity index (χ0v) is 16.9. The third-order valence-electron chi connectivity index (χ3n) is 5.08. The second kappa shape index (κ2) is 7.20. The Morgan fingerprint density at radius 2 is 1.93 bits per heavy atom. The quantitative estimate of drug-likeness (QED) is 0.807. The van der Waals surface area contributed by atoms with Crippen molar-refractivity contribution in [1.82, 2.24) is 9.21 Å². The minimum Gasteiger partial charge on any atom is -0.479 e. The summed E-state index contributed by atoms with van der Waals surface area (Å²) in [6.07, 6.45) is 0.731. The minimum absolute atomic E-state index is 0.130. The number of nitrogens with one attached hydrogen (secondary N) is 1. The molecule has 154 valence electrons. The number of sulfonamides is 1. The van der Waals surface area contributed by atoms with Crippen molar-refractivity contribution in [2.45, 2.75) is 24.8 Å². The zero-order valence-electron chi connectivity index (χ0n) is 16.0. The lowest BCUT2D eigenvalue weighted by atomic mass is 10.1. The van der Waals surface area contributed by atoms with E-state index in [1.54, 1.807) is 36.9 Å². The van der Waals surface area contributed by atoms with Gasteiger partial charge in [0, 0.05) is 32.2 Å². The van der Waals surface area contributed by atoms with E-state index in [-0.39, 0.29) is 48.6 Å². The summed E-state index contributed by atoms with van der Waals surface area (Å²) in [5, 5.41) is 2.71. The number of amides is 2. The van der Waals surface area contributed by atoms with E-state index in [1.807, 2.05) is 0 Å². The first kappa shape index (κ1) is 19.5. The summed E-state index contributed by atoms with van der Waals surface area (Å²) in [5.74, 6) is 0.0352. The van der Waals surface area contributed by atoms with Crippen molar-refractivity contribution in [2.24, 2.45) is 0 Å². The Morgan fingerprint density at radius 3 is 2.59 bits per heavy atom. The molecule has 1 N–H and O–H groups in total. The van der Waals surface area contributed by atoms with E-state index >= 15 is 0 Å². The molecule has 0 aliphatic carbocycles. The number of hydrogen-bond donors (Lipinski definition) is 1. The lowest BCUT2D eigenvalue weighted by molar-refractivity contribution is -0.122. The molecule has 1 fully saturated rings. The number of carbonyl (C=O) groups excluding carboxylic acids is 2. The fourth-order valence-corrected chi connectivity index (χ4v) is 5.09. The summed E-state index contributed by atoms with van der Waals surface area (Å²) in [6, 6.07) is 6.28. The van der Waals surface area contributed by atoms with E-state index < -0.39 is 16.1 Å². The Bertz CT molecular complexity index is 1060. The SMILES string of the molecule is Cc1cc2c(cc1S(=O)(=O)N1CCN(C(=O)c3ccco3)CC1)O[C@H](C)C(=O)N2. The van der Waals surface area contributed by atoms with Gasteiger partial charge in [-0.3, -0.25) is 9.59 Å². The van der Waals surface area contributed by atoms with E-state index in [0.717, 1.165) is 0 Å². The van der Waals surface area contributed by atoms with Crippen LogP contribution in [0.15, 0.2) is 39.8 Å². The summed E-state index contributed by atoms with van der Waals surface area (Å²) in [4.78, 5) is 25.8. The van der Waals surface area contributed by atoms with Crippen molar-refractivity contribution in [3.05, 3.63) is 41.9 Å². The number of piperazine rings is 1. The van der Waals surface area contributed by atoms with Crippen LogP contribution in [0.25, 0.3) is 0 Å². The molecule has 1 saturated heterocycles. The van der Waals surface area contributed by atoms with Crippen molar-refractivity contribution < 1.29 is 27.2 Å². The fourth-order valence-electron chi connectivity index (χ4n) is 3.45. The van der Waals surface area contributed by atoms with Crippen LogP contribution in [0.3, 0.4) is 0 Å². The number of carbonyl (C=O) groups is 2. The van der Waals surface area contributed by atoms with Gasteiger partial charge in [0.2, 0.25) is 10.0 Å². The van der Waals surface area contributed by atoms with Crippen LogP contribution in [-0.2, 0) is 14.8 Å². The second-order valence-electron chi connectivity index (χ2n) is 7.04. The number of fused-ring (bicyclic) bond motifs is 1. The molecule has 2 aliphatic rings. The molecule has 0 radical (unpaired) electrons. The fraction of sp³-hybridized carbons (Fsp3) is 0.368. The molecule has 1 atom stereocenters. The Kier molecular flexibility index (Phi) is 4.83. The lowest BCUT2D eigenvalue weighted by Crippen LogP contribution is -2.50. The highest BCUT2D eigenvalue weighted by Gasteiger charge is 2.34. The van der Waals surface area contributed by atoms with Gasteiger partial charge in [-0.2, -0.15) is 4.31 Å². The molecular weight excluding hydrogens is 398 g/mol. The maximum absolute atomic E-state index is 13.2. The summed E-state index contributed by atoms with van der Waals surface area (Å²) in [6.45, 7) is 4.17. The largest absolute Gasteiger partial charge is 0.479 e. The molecule has 3 heterocycles. The van der Waals surface area contributed by atoms with Gasteiger partial charge in [0.15, 0.2) is 11.9 Å². The van der Waals surface area contributed by atoms with Gasteiger partial charge < -0.3 is 19.4 Å². The first-order valence-corrected chi connectivity index (χ1v) is 10.7. The average molecular weight is 419 g/mol. The van der Waals surface area contributed by atoms with E-state index in [2.05, 4.69) is 5.32 Å². The number of hydrogen-bond acceptors (Lipinski definition) is 6. The van der Waals surface area contributed by atoms with Gasteiger partial charge in [0.25, 0.3) is 11.8 Å². The predicted octanol–water partition coefficient (Wildman–Crippen LogP) is 1.45. The van der Waals surface area contributed by atoms with Gasteiger partial charge in [-0.15, -0.1) is 0 Å². The molecule has 1 aromatic heterocycles. The van der Waals surface area contributed by atoms with Crippen LogP contribution < -0.4 is 10.1 Å². The molecule has 0 unspecified atom stereocenters. The van der Waals surface area contributed by atoms with Gasteiger partial charge in [-0.25, -0.2) is 8.42 Å². The molecule has 4 rings (SSSR count). The zero-order chi connectivity index (χ0) is 20.8. The van der Waals surface area contributed by atoms with Crippen molar-refractivity contribution in [1.29, 1.82) is 0 Å². The summed E-state index contributed by atoms with van der Waals surface area (Å²) in [5.41, 5.74) is 0.967. The molecule has 10 heteroatoms. The lowest BCUT2D eigenvalue weighted by Gasteiger charge is -2.34. The molecule has 0 spiro atoms. The smallest absolute Gasteiger partial charge is 0.289 e. The van der Waals surface area contributed by atoms with Gasteiger partial charge >= 0.3 is 0 Å². The maximum atomic E-state index is 13.2. The van der Waals surface area contributed by atoms with Gasteiger partial charge in [-0.1, -0.05) is 0 Å². The van der Waals surface area contributed by atoms with E-state index in [1.165, 1.54) is 16.6 Å². The Hall–Kier alpha value is -2.85. The number of aryl methyl sites for hydroxylation is 1. The molecule has 0 saturated carbocycles. The van der Waals surface area contributed by atoms with Crippen LogP contribution in [0.5, 0.6) is 5.75 Å². The third-order valence-corrected chi connectivity index (χ3v) is 7.12. The van der Waals surface area contributed by atoms with Crippen molar-refractivity contribution in [3.8, 4) is 5.75 Å². The molecule has 9 nitrogen and oxygen atoms in total. The monoisotopic (exact) mass is 419 g/mol. The minimum atomic E-state index is -3.78. The Morgan fingerprint density at radius 1 is 1.21 bits per heavy atom. The van der Waals surface area contributed by atoms with Crippen LogP contribution in [0.2, 0.25) is 0 Å². The molecule has 2 aromatic rings. The van der Waals surface area contributed by atoms with E-state index in [0.29, 0.717) is 17.0 Å². The van der Waals surface area contributed by atoms with Gasteiger partial charge in [-0.05, 0) is 37.6 Å². The molecule has 29 heavy (non-hydrogen) atoms. The summed E-state index contributed by atoms with van der Waals surface area (Å²) in [7, 11) is -3.78. The maximum Gasteiger partial charge on any atom is 0.289 e. The standard InChI is InChI=1S/C19H21N3O6S/c1-12-10-14-16(28-13(2)18(23)20-14)11-17(12)29(25,26)22-7-5-21(6-8-22)19(24)15-4-3-9-27-15/h3-4,9-11,13H,5-8H2,1-2H3,(H,20,23)/t13-/m1/s1. The highest BCUT2D eigenvalue weighted by molar-refractivity contribution is 7.89. The van der Waals surface area contributed by atoms with Gasteiger partial charge in [0.05, 0.1) is 16.8 Å². The van der Waals surface area contributed by atoms with Crippen LogP contribution in [0, 0.1) is 6.92 Å². The third kappa shape index (κ3) is 3.49. The highest BCUT2D eigenvalue weighted by atomic mass is 32.2. The number of benzene rings is 1. The van der Waals surface area contributed by atoms with Crippen molar-refractivity contribution >= 4 is 27.5 Å². The predicted molar refractivity (Wildman–Crippen MR) is 103 cm³/mol. The molecule has 2 aliphatic heterocycles. The summed E-state index contributed by atoms with van der Waals surface area (Å²) >= 11 is 0. The van der Waals surface area contributed by atoms with E-state index in [4.69, 9.17) is 9.15 Å². The Balaban J connectivity index is 1.53. The topological polar surface area (TPSA) is 109 Å². The van der Waals surface area contributed by atoms with Crippen molar-refractivity contribution in [3.63, 3.8) is 0 Å². The van der Waals surface area contributed by atoms with Gasteiger partial charge in [0.1, 0.15) is 5.75 Å². The molecular formula is C19H21N3O6S. The van der Waals surface area contributed by atoms with Crippen molar-refractivity contribution in [2.75, 3.05) is 31.5 Å². The normalized spacial score (nSPS) is 20.0. The van der Waals surface area contributed by atoms with Crippen LogP contribution in [0.4, 0.5) is 5.69 Å².